The fourth-order valence-electron chi connectivity index (χ4n) is 2.10. The number of hydrogen-bond acceptors (Lipinski definition) is 3. The summed E-state index contributed by atoms with van der Waals surface area (Å²) < 4.78 is 5.14. The summed E-state index contributed by atoms with van der Waals surface area (Å²) in [4.78, 5) is 13.7. The van der Waals surface area contributed by atoms with Crippen LogP contribution in [-0.2, 0) is 22.5 Å². The maximum atomic E-state index is 11.8. The highest BCUT2D eigenvalue weighted by atomic mass is 16.5. The number of benzene rings is 1. The van der Waals surface area contributed by atoms with Gasteiger partial charge in [-0.25, -0.2) is 0 Å². The normalized spacial score (nSPS) is 14.5. The lowest BCUT2D eigenvalue weighted by atomic mass is 9.98. The van der Waals surface area contributed by atoms with Crippen molar-refractivity contribution in [3.05, 3.63) is 29.3 Å². The van der Waals surface area contributed by atoms with Gasteiger partial charge in [0.15, 0.2) is 0 Å². The molecule has 0 bridgehead atoms. The number of hydrogen-bond donors (Lipinski definition) is 1. The number of amides is 1. The molecule has 2 N–H and O–H groups in total. The van der Waals surface area contributed by atoms with E-state index in [-0.39, 0.29) is 12.5 Å². The molecule has 1 heterocycles. The number of nitrogens with zero attached hydrogens (tertiary/aromatic N) is 1. The Hall–Kier alpha value is -1.55. The Morgan fingerprint density at radius 2 is 2.35 bits per heavy atom. The van der Waals surface area contributed by atoms with Crippen molar-refractivity contribution in [2.75, 3.05) is 25.5 Å². The van der Waals surface area contributed by atoms with Gasteiger partial charge in [0, 0.05) is 25.4 Å². The predicted molar refractivity (Wildman–Crippen MR) is 66.5 cm³/mol. The lowest BCUT2D eigenvalue weighted by Gasteiger charge is -2.29. The van der Waals surface area contributed by atoms with Gasteiger partial charge in [-0.15, -0.1) is 0 Å². The summed E-state index contributed by atoms with van der Waals surface area (Å²) in [5.41, 5.74) is 9.05. The molecule has 4 nitrogen and oxygen atoms in total. The van der Waals surface area contributed by atoms with Crippen LogP contribution >= 0.6 is 0 Å². The minimum Gasteiger partial charge on any atom is -0.398 e. The number of carbonyl (C=O) groups is 1. The molecule has 0 saturated carbocycles. The second-order valence-electron chi connectivity index (χ2n) is 4.19. The molecule has 1 aromatic rings. The Morgan fingerprint density at radius 3 is 3.12 bits per heavy atom. The fraction of sp³-hybridized carbons (Fsp3) is 0.462. The first kappa shape index (κ1) is 11.9. The molecular formula is C13H18N2O2. The zero-order valence-electron chi connectivity index (χ0n) is 10.1. The largest absolute Gasteiger partial charge is 0.398 e. The molecule has 1 aromatic carbocycles. The zero-order valence-corrected chi connectivity index (χ0v) is 10.1. The number of nitrogens with two attached hydrogens (primary N) is 1. The van der Waals surface area contributed by atoms with Gasteiger partial charge in [0.25, 0.3) is 0 Å². The van der Waals surface area contributed by atoms with Gasteiger partial charge in [-0.2, -0.15) is 0 Å². The van der Waals surface area contributed by atoms with Crippen LogP contribution in [0, 0.1) is 0 Å². The quantitative estimate of drug-likeness (QED) is 0.799. The molecule has 2 rings (SSSR count). The third kappa shape index (κ3) is 2.58. The maximum absolute atomic E-state index is 11.8. The molecule has 17 heavy (non-hydrogen) atoms. The van der Waals surface area contributed by atoms with Gasteiger partial charge in [-0.3, -0.25) is 4.79 Å². The highest BCUT2D eigenvalue weighted by Crippen LogP contribution is 2.24. The van der Waals surface area contributed by atoms with Crippen molar-refractivity contribution in [3.63, 3.8) is 0 Å². The van der Waals surface area contributed by atoms with Gasteiger partial charge in [-0.05, 0) is 30.5 Å². The molecule has 1 amide bonds. The molecule has 92 valence electrons. The average Bonchev–Trinajstić information content (AvgIpc) is 2.36. The molecule has 1 aliphatic rings. The van der Waals surface area contributed by atoms with Crippen LogP contribution in [0.2, 0.25) is 0 Å². The lowest BCUT2D eigenvalue weighted by molar-refractivity contribution is -0.136. The van der Waals surface area contributed by atoms with Crippen LogP contribution in [0.15, 0.2) is 18.2 Å². The third-order valence-electron chi connectivity index (χ3n) is 3.09. The Labute approximate surface area is 101 Å². The maximum Gasteiger partial charge on any atom is 0.248 e. The van der Waals surface area contributed by atoms with Crippen molar-refractivity contribution in [1.29, 1.82) is 0 Å². The first-order valence-corrected chi connectivity index (χ1v) is 5.94. The van der Waals surface area contributed by atoms with Gasteiger partial charge in [0.2, 0.25) is 5.91 Å². The van der Waals surface area contributed by atoms with Gasteiger partial charge in [-0.1, -0.05) is 12.1 Å². The molecule has 0 radical (unpaired) electrons. The summed E-state index contributed by atoms with van der Waals surface area (Å²) in [6, 6.07) is 5.93. The number of fused-ring (bicyclic) bond motifs is 1. The van der Waals surface area contributed by atoms with Gasteiger partial charge < -0.3 is 15.4 Å². The molecule has 0 aliphatic carbocycles. The minimum absolute atomic E-state index is 0.0424. The monoisotopic (exact) mass is 234 g/mol. The Morgan fingerprint density at radius 1 is 1.53 bits per heavy atom. The molecular weight excluding hydrogens is 216 g/mol. The molecule has 4 heteroatoms. The van der Waals surface area contributed by atoms with Crippen molar-refractivity contribution < 1.29 is 9.53 Å². The summed E-state index contributed by atoms with van der Waals surface area (Å²) in [5.74, 6) is 0.0424. The first-order chi connectivity index (χ1) is 8.22. The Bertz CT molecular complexity index is 418. The molecule has 0 fully saturated rings. The molecule has 0 unspecified atom stereocenters. The van der Waals surface area contributed by atoms with E-state index in [1.54, 1.807) is 0 Å². The van der Waals surface area contributed by atoms with E-state index in [0.717, 1.165) is 24.2 Å². The van der Waals surface area contributed by atoms with E-state index < -0.39 is 0 Å². The van der Waals surface area contributed by atoms with Crippen LogP contribution in [-0.4, -0.2) is 30.6 Å². The van der Waals surface area contributed by atoms with Crippen molar-refractivity contribution in [2.45, 2.75) is 19.9 Å². The van der Waals surface area contributed by atoms with Gasteiger partial charge in [0.1, 0.15) is 6.61 Å². The second kappa shape index (κ2) is 5.19. The number of rotatable bonds is 3. The summed E-state index contributed by atoms with van der Waals surface area (Å²) in [7, 11) is 0. The van der Waals surface area contributed by atoms with Crippen molar-refractivity contribution in [1.82, 2.24) is 4.90 Å². The minimum atomic E-state index is 0.0424. The Kier molecular flexibility index (Phi) is 3.64. The third-order valence-corrected chi connectivity index (χ3v) is 3.09. The van der Waals surface area contributed by atoms with Crippen LogP contribution in [0.25, 0.3) is 0 Å². The van der Waals surface area contributed by atoms with E-state index in [1.165, 1.54) is 5.56 Å². The van der Waals surface area contributed by atoms with Crippen LogP contribution in [0.1, 0.15) is 18.1 Å². The van der Waals surface area contributed by atoms with Crippen LogP contribution in [0.3, 0.4) is 0 Å². The number of carbonyl (C=O) groups excluding carboxylic acids is 1. The van der Waals surface area contributed by atoms with E-state index in [2.05, 4.69) is 6.07 Å². The van der Waals surface area contributed by atoms with E-state index in [0.29, 0.717) is 13.2 Å². The van der Waals surface area contributed by atoms with Crippen LogP contribution in [0.4, 0.5) is 5.69 Å². The summed E-state index contributed by atoms with van der Waals surface area (Å²) >= 11 is 0. The molecule has 0 atom stereocenters. The van der Waals surface area contributed by atoms with Crippen LogP contribution in [0.5, 0.6) is 0 Å². The van der Waals surface area contributed by atoms with Gasteiger partial charge in [0.05, 0.1) is 0 Å². The van der Waals surface area contributed by atoms with Gasteiger partial charge >= 0.3 is 0 Å². The fourth-order valence-corrected chi connectivity index (χ4v) is 2.10. The van der Waals surface area contributed by atoms with Crippen molar-refractivity contribution in [2.24, 2.45) is 0 Å². The summed E-state index contributed by atoms with van der Waals surface area (Å²) in [6.45, 7) is 3.98. The number of anilines is 1. The Balaban J connectivity index is 2.07. The van der Waals surface area contributed by atoms with Crippen molar-refractivity contribution in [3.8, 4) is 0 Å². The first-order valence-electron chi connectivity index (χ1n) is 5.94. The van der Waals surface area contributed by atoms with E-state index in [1.807, 2.05) is 24.0 Å². The molecule has 0 spiro atoms. The second-order valence-corrected chi connectivity index (χ2v) is 4.19. The number of ether oxygens (including phenoxy) is 1. The standard InChI is InChI=1S/C13H18N2O2/c1-2-17-9-13(16)15-7-6-10-4-3-5-12(14)11(10)8-15/h3-5H,2,6-9,14H2,1H3. The predicted octanol–water partition coefficient (Wildman–Crippen LogP) is 1.19. The van der Waals surface area contributed by atoms with Crippen molar-refractivity contribution >= 4 is 11.6 Å². The molecule has 0 saturated heterocycles. The topological polar surface area (TPSA) is 55.6 Å². The summed E-state index contributed by atoms with van der Waals surface area (Å²) in [5, 5.41) is 0. The molecule has 0 aromatic heterocycles. The number of nitrogen functional groups attached to an aromatic ring is 1. The zero-order chi connectivity index (χ0) is 12.3. The highest BCUT2D eigenvalue weighted by Gasteiger charge is 2.21. The average molecular weight is 234 g/mol. The van der Waals surface area contributed by atoms with E-state index in [4.69, 9.17) is 10.5 Å². The SMILES string of the molecule is CCOCC(=O)N1CCc2cccc(N)c2C1. The lowest BCUT2D eigenvalue weighted by Crippen LogP contribution is -2.38. The molecule has 1 aliphatic heterocycles. The van der Waals surface area contributed by atoms with Crippen LogP contribution < -0.4 is 5.73 Å². The summed E-state index contributed by atoms with van der Waals surface area (Å²) in [6.07, 6.45) is 0.873. The van der Waals surface area contributed by atoms with E-state index in [9.17, 15) is 4.79 Å². The highest BCUT2D eigenvalue weighted by molar-refractivity contribution is 5.78. The van der Waals surface area contributed by atoms with E-state index >= 15 is 0 Å². The smallest absolute Gasteiger partial charge is 0.248 e.